The lowest BCUT2D eigenvalue weighted by Crippen LogP contribution is -2.40. The number of carbonyl (C=O) groups excluding carboxylic acids is 1. The number of amides is 1. The van der Waals surface area contributed by atoms with Gasteiger partial charge in [0.1, 0.15) is 0 Å². The Balaban J connectivity index is 1.58. The zero-order valence-electron chi connectivity index (χ0n) is 13.5. The third-order valence-corrected chi connectivity index (χ3v) is 4.61. The van der Waals surface area contributed by atoms with Gasteiger partial charge in [-0.1, -0.05) is 54.6 Å². The van der Waals surface area contributed by atoms with E-state index in [-0.39, 0.29) is 11.8 Å². The van der Waals surface area contributed by atoms with E-state index in [0.717, 1.165) is 16.7 Å². The Bertz CT molecular complexity index is 701. The molecule has 1 fully saturated rings. The summed E-state index contributed by atoms with van der Waals surface area (Å²) in [4.78, 5) is 25.1. The summed E-state index contributed by atoms with van der Waals surface area (Å²) >= 11 is 0. The number of nitrogens with zero attached hydrogens (tertiary/aromatic N) is 1. The maximum absolute atomic E-state index is 12.4. The van der Waals surface area contributed by atoms with Gasteiger partial charge >= 0.3 is 5.97 Å². The number of carbonyl (C=O) groups is 2. The third-order valence-electron chi connectivity index (χ3n) is 4.61. The minimum absolute atomic E-state index is 0.0753. The number of benzene rings is 2. The van der Waals surface area contributed by atoms with Gasteiger partial charge in [0, 0.05) is 13.1 Å². The van der Waals surface area contributed by atoms with E-state index in [1.807, 2.05) is 42.5 Å². The number of carboxylic acids is 1. The Morgan fingerprint density at radius 2 is 1.50 bits per heavy atom. The van der Waals surface area contributed by atoms with Crippen LogP contribution >= 0.6 is 0 Å². The summed E-state index contributed by atoms with van der Waals surface area (Å²) in [7, 11) is 0. The van der Waals surface area contributed by atoms with Gasteiger partial charge in [0.25, 0.3) is 0 Å². The van der Waals surface area contributed by atoms with E-state index in [1.165, 1.54) is 0 Å². The lowest BCUT2D eigenvalue weighted by Gasteiger charge is -2.30. The highest BCUT2D eigenvalue weighted by atomic mass is 16.4. The van der Waals surface area contributed by atoms with Crippen LogP contribution in [0.15, 0.2) is 54.6 Å². The van der Waals surface area contributed by atoms with E-state index < -0.39 is 5.97 Å². The molecule has 2 aromatic carbocycles. The van der Waals surface area contributed by atoms with Gasteiger partial charge in [-0.25, -0.2) is 0 Å². The molecule has 0 atom stereocenters. The lowest BCUT2D eigenvalue weighted by molar-refractivity contribution is -0.145. The van der Waals surface area contributed by atoms with Crippen molar-refractivity contribution in [2.45, 2.75) is 19.3 Å². The molecule has 0 aromatic heterocycles. The van der Waals surface area contributed by atoms with Crippen LogP contribution in [0.3, 0.4) is 0 Å². The smallest absolute Gasteiger partial charge is 0.306 e. The molecule has 1 N–H and O–H groups in total. The number of likely N-dealkylation sites (tertiary alicyclic amines) is 1. The molecule has 0 bridgehead atoms. The van der Waals surface area contributed by atoms with Gasteiger partial charge in [0.05, 0.1) is 12.3 Å². The predicted molar refractivity (Wildman–Crippen MR) is 92.5 cm³/mol. The fraction of sp³-hybridized carbons (Fsp3) is 0.300. The summed E-state index contributed by atoms with van der Waals surface area (Å²) in [5.41, 5.74) is 3.28. The van der Waals surface area contributed by atoms with E-state index >= 15 is 0 Å². The first-order valence-corrected chi connectivity index (χ1v) is 8.28. The minimum Gasteiger partial charge on any atom is -0.481 e. The van der Waals surface area contributed by atoms with Crippen LogP contribution in [0, 0.1) is 5.92 Å². The second-order valence-corrected chi connectivity index (χ2v) is 6.23. The molecule has 0 saturated carbocycles. The summed E-state index contributed by atoms with van der Waals surface area (Å²) in [6.07, 6.45) is 1.47. The molecule has 3 rings (SSSR count). The van der Waals surface area contributed by atoms with Crippen LogP contribution in [-0.4, -0.2) is 35.0 Å². The average Bonchev–Trinajstić information content (AvgIpc) is 2.63. The van der Waals surface area contributed by atoms with Crippen molar-refractivity contribution in [3.8, 4) is 11.1 Å². The van der Waals surface area contributed by atoms with Crippen LogP contribution in [0.5, 0.6) is 0 Å². The molecular formula is C20H21NO3. The number of carboxylic acid groups (broad SMARTS) is 1. The molecule has 4 heteroatoms. The van der Waals surface area contributed by atoms with Crippen molar-refractivity contribution in [1.82, 2.24) is 4.90 Å². The van der Waals surface area contributed by atoms with Crippen molar-refractivity contribution < 1.29 is 14.7 Å². The number of rotatable bonds is 4. The molecule has 1 aliphatic heterocycles. The molecule has 124 valence electrons. The first kappa shape index (κ1) is 16.2. The van der Waals surface area contributed by atoms with Crippen molar-refractivity contribution in [3.63, 3.8) is 0 Å². The molecule has 1 amide bonds. The van der Waals surface area contributed by atoms with E-state index in [4.69, 9.17) is 5.11 Å². The van der Waals surface area contributed by atoms with Crippen LogP contribution in [0.2, 0.25) is 0 Å². The van der Waals surface area contributed by atoms with Gasteiger partial charge in [-0.3, -0.25) is 9.59 Å². The Hall–Kier alpha value is -2.62. The second-order valence-electron chi connectivity index (χ2n) is 6.23. The van der Waals surface area contributed by atoms with Gasteiger partial charge in [0.2, 0.25) is 5.91 Å². The highest BCUT2D eigenvalue weighted by molar-refractivity contribution is 5.79. The maximum Gasteiger partial charge on any atom is 0.306 e. The van der Waals surface area contributed by atoms with Gasteiger partial charge in [-0.05, 0) is 29.5 Å². The van der Waals surface area contributed by atoms with Gasteiger partial charge in [0.15, 0.2) is 0 Å². The Morgan fingerprint density at radius 1 is 0.917 bits per heavy atom. The molecule has 24 heavy (non-hydrogen) atoms. The van der Waals surface area contributed by atoms with Crippen LogP contribution in [0.25, 0.3) is 11.1 Å². The summed E-state index contributed by atoms with van der Waals surface area (Å²) < 4.78 is 0. The number of piperidine rings is 1. The van der Waals surface area contributed by atoms with Gasteiger partial charge < -0.3 is 10.0 Å². The highest BCUT2D eigenvalue weighted by Crippen LogP contribution is 2.21. The molecule has 1 heterocycles. The first-order valence-electron chi connectivity index (χ1n) is 8.28. The monoisotopic (exact) mass is 323 g/mol. The molecule has 0 radical (unpaired) electrons. The van der Waals surface area contributed by atoms with E-state index in [9.17, 15) is 9.59 Å². The van der Waals surface area contributed by atoms with Crippen molar-refractivity contribution in [3.05, 3.63) is 60.2 Å². The molecule has 1 aliphatic rings. The minimum atomic E-state index is -0.751. The van der Waals surface area contributed by atoms with Gasteiger partial charge in [-0.2, -0.15) is 0 Å². The summed E-state index contributed by atoms with van der Waals surface area (Å²) in [5.74, 6) is -0.982. The SMILES string of the molecule is O=C(O)C1CCN(C(=O)Cc2ccc(-c3ccccc3)cc2)CC1. The number of hydrogen-bond acceptors (Lipinski definition) is 2. The Kier molecular flexibility index (Phi) is 4.94. The fourth-order valence-electron chi connectivity index (χ4n) is 3.11. The lowest BCUT2D eigenvalue weighted by atomic mass is 9.96. The third kappa shape index (κ3) is 3.82. The van der Waals surface area contributed by atoms with Crippen LogP contribution in [0.1, 0.15) is 18.4 Å². The molecule has 0 unspecified atom stereocenters. The quantitative estimate of drug-likeness (QED) is 0.940. The first-order chi connectivity index (χ1) is 11.6. The molecule has 0 spiro atoms. The van der Waals surface area contributed by atoms with Crippen molar-refractivity contribution in [2.24, 2.45) is 5.92 Å². The molecule has 1 saturated heterocycles. The average molecular weight is 323 g/mol. The van der Waals surface area contributed by atoms with Crippen LogP contribution < -0.4 is 0 Å². The Labute approximate surface area is 141 Å². The van der Waals surface area contributed by atoms with Crippen molar-refractivity contribution in [2.75, 3.05) is 13.1 Å². The zero-order chi connectivity index (χ0) is 16.9. The highest BCUT2D eigenvalue weighted by Gasteiger charge is 2.26. The summed E-state index contributed by atoms with van der Waals surface area (Å²) in [6, 6.07) is 18.2. The Morgan fingerprint density at radius 3 is 2.08 bits per heavy atom. The van der Waals surface area contributed by atoms with Crippen LogP contribution in [0.4, 0.5) is 0 Å². The predicted octanol–water partition coefficient (Wildman–Crippen LogP) is 3.22. The number of aliphatic carboxylic acids is 1. The summed E-state index contributed by atoms with van der Waals surface area (Å²) in [6.45, 7) is 1.08. The van der Waals surface area contributed by atoms with Crippen LogP contribution in [-0.2, 0) is 16.0 Å². The summed E-state index contributed by atoms with van der Waals surface area (Å²) in [5, 5.41) is 9.01. The molecular weight excluding hydrogens is 302 g/mol. The number of hydrogen-bond donors (Lipinski definition) is 1. The largest absolute Gasteiger partial charge is 0.481 e. The van der Waals surface area contributed by atoms with Gasteiger partial charge in [-0.15, -0.1) is 0 Å². The van der Waals surface area contributed by atoms with E-state index in [2.05, 4.69) is 12.1 Å². The van der Waals surface area contributed by atoms with Crippen molar-refractivity contribution >= 4 is 11.9 Å². The standard InChI is InChI=1S/C20H21NO3/c22-19(21-12-10-18(11-13-21)20(23)24)14-15-6-8-17(9-7-15)16-4-2-1-3-5-16/h1-9,18H,10-14H2,(H,23,24). The van der Waals surface area contributed by atoms with Crippen molar-refractivity contribution in [1.29, 1.82) is 0 Å². The topological polar surface area (TPSA) is 57.6 Å². The second kappa shape index (κ2) is 7.30. The molecule has 0 aliphatic carbocycles. The zero-order valence-corrected chi connectivity index (χ0v) is 13.5. The van der Waals surface area contributed by atoms with E-state index in [1.54, 1.807) is 4.90 Å². The van der Waals surface area contributed by atoms with E-state index in [0.29, 0.717) is 32.4 Å². The fourth-order valence-corrected chi connectivity index (χ4v) is 3.11. The molecule has 2 aromatic rings. The normalized spacial score (nSPS) is 15.2. The molecule has 4 nitrogen and oxygen atoms in total. The maximum atomic E-state index is 12.4.